The van der Waals surface area contributed by atoms with Gasteiger partial charge in [0.05, 0.1) is 17.7 Å². The van der Waals surface area contributed by atoms with Crippen molar-refractivity contribution in [2.24, 2.45) is 10.7 Å². The normalized spacial score (nSPS) is 28.9. The lowest BCUT2D eigenvalue weighted by Crippen LogP contribution is -2.60. The van der Waals surface area contributed by atoms with Gasteiger partial charge in [-0.2, -0.15) is 0 Å². The van der Waals surface area contributed by atoms with Gasteiger partial charge in [-0.15, -0.1) is 0 Å². The minimum Gasteiger partial charge on any atom is -0.373 e. The van der Waals surface area contributed by atoms with Crippen LogP contribution in [0.25, 0.3) is 0 Å². The van der Waals surface area contributed by atoms with Gasteiger partial charge >= 0.3 is 0 Å². The Labute approximate surface area is 114 Å². The number of aliphatic imine (C=N–C) groups is 1. The molecule has 1 aromatic rings. The van der Waals surface area contributed by atoms with E-state index in [0.29, 0.717) is 5.96 Å². The van der Waals surface area contributed by atoms with E-state index in [9.17, 15) is 0 Å². The zero-order valence-electron chi connectivity index (χ0n) is 11.6. The van der Waals surface area contributed by atoms with Crippen molar-refractivity contribution in [2.75, 3.05) is 13.2 Å². The molecule has 0 radical (unpaired) electrons. The van der Waals surface area contributed by atoms with Crippen LogP contribution in [0.4, 0.5) is 0 Å². The van der Waals surface area contributed by atoms with Crippen molar-refractivity contribution < 1.29 is 4.74 Å². The van der Waals surface area contributed by atoms with Crippen LogP contribution in [-0.4, -0.2) is 35.2 Å². The fourth-order valence-corrected chi connectivity index (χ4v) is 3.24. The SMILES string of the molecule is CC1(C)OCCC12CN=C(N)N2Cc1ccccc1. The predicted octanol–water partition coefficient (Wildman–Crippen LogP) is 1.75. The average Bonchev–Trinajstić information content (AvgIpc) is 2.86. The molecule has 3 rings (SSSR count). The summed E-state index contributed by atoms with van der Waals surface area (Å²) in [6.07, 6.45) is 0.983. The molecule has 1 aromatic carbocycles. The molecule has 19 heavy (non-hydrogen) atoms. The number of guanidine groups is 1. The third-order valence-corrected chi connectivity index (χ3v) is 4.58. The Kier molecular flexibility index (Phi) is 2.78. The van der Waals surface area contributed by atoms with Crippen LogP contribution in [0, 0.1) is 0 Å². The molecule has 1 saturated heterocycles. The fourth-order valence-electron chi connectivity index (χ4n) is 3.24. The van der Waals surface area contributed by atoms with E-state index in [1.54, 1.807) is 0 Å². The van der Waals surface area contributed by atoms with Crippen LogP contribution >= 0.6 is 0 Å². The second-order valence-corrected chi connectivity index (χ2v) is 5.89. The van der Waals surface area contributed by atoms with E-state index < -0.39 is 0 Å². The van der Waals surface area contributed by atoms with E-state index in [-0.39, 0.29) is 11.1 Å². The molecule has 0 aliphatic carbocycles. The third kappa shape index (κ3) is 1.82. The Hall–Kier alpha value is -1.55. The molecule has 0 saturated carbocycles. The van der Waals surface area contributed by atoms with Crippen molar-refractivity contribution in [1.82, 2.24) is 4.90 Å². The highest BCUT2D eigenvalue weighted by atomic mass is 16.5. The largest absolute Gasteiger partial charge is 0.373 e. The summed E-state index contributed by atoms with van der Waals surface area (Å²) in [6, 6.07) is 10.4. The molecule has 1 spiro atoms. The number of nitrogens with zero attached hydrogens (tertiary/aromatic N) is 2. The van der Waals surface area contributed by atoms with E-state index in [4.69, 9.17) is 10.5 Å². The second kappa shape index (κ2) is 4.23. The van der Waals surface area contributed by atoms with E-state index in [0.717, 1.165) is 26.1 Å². The zero-order chi connectivity index (χ0) is 13.5. The maximum Gasteiger partial charge on any atom is 0.192 e. The van der Waals surface area contributed by atoms with Crippen LogP contribution in [0.15, 0.2) is 35.3 Å². The molecular weight excluding hydrogens is 238 g/mol. The maximum absolute atomic E-state index is 6.12. The monoisotopic (exact) mass is 259 g/mol. The topological polar surface area (TPSA) is 50.9 Å². The molecule has 102 valence electrons. The molecule has 1 fully saturated rings. The van der Waals surface area contributed by atoms with Crippen LogP contribution in [-0.2, 0) is 11.3 Å². The van der Waals surface area contributed by atoms with E-state index in [2.05, 4.69) is 48.0 Å². The lowest BCUT2D eigenvalue weighted by Gasteiger charge is -2.44. The Morgan fingerprint density at radius 1 is 1.32 bits per heavy atom. The predicted molar refractivity (Wildman–Crippen MR) is 75.9 cm³/mol. The van der Waals surface area contributed by atoms with Crippen molar-refractivity contribution in [3.05, 3.63) is 35.9 Å². The van der Waals surface area contributed by atoms with Crippen molar-refractivity contribution in [3.8, 4) is 0 Å². The Bertz CT molecular complexity index is 497. The second-order valence-electron chi connectivity index (χ2n) is 5.89. The zero-order valence-corrected chi connectivity index (χ0v) is 11.6. The van der Waals surface area contributed by atoms with E-state index >= 15 is 0 Å². The summed E-state index contributed by atoms with van der Waals surface area (Å²) >= 11 is 0. The molecule has 0 bridgehead atoms. The number of ether oxygens (including phenoxy) is 1. The molecule has 0 amide bonds. The molecular formula is C15H21N3O. The van der Waals surface area contributed by atoms with Gasteiger partial charge in [0.2, 0.25) is 0 Å². The molecule has 1 unspecified atom stereocenters. The molecule has 2 N–H and O–H groups in total. The van der Waals surface area contributed by atoms with Crippen LogP contribution in [0.3, 0.4) is 0 Å². The van der Waals surface area contributed by atoms with Crippen molar-refractivity contribution in [1.29, 1.82) is 0 Å². The first-order valence-corrected chi connectivity index (χ1v) is 6.81. The smallest absolute Gasteiger partial charge is 0.192 e. The van der Waals surface area contributed by atoms with Gasteiger partial charge in [0, 0.05) is 13.2 Å². The van der Waals surface area contributed by atoms with Gasteiger partial charge in [-0.25, -0.2) is 0 Å². The molecule has 0 aromatic heterocycles. The number of benzene rings is 1. The summed E-state index contributed by atoms with van der Waals surface area (Å²) in [5.74, 6) is 0.641. The van der Waals surface area contributed by atoms with Gasteiger partial charge in [0.25, 0.3) is 0 Å². The first kappa shape index (κ1) is 12.5. The first-order valence-electron chi connectivity index (χ1n) is 6.81. The van der Waals surface area contributed by atoms with E-state index in [1.807, 2.05) is 6.07 Å². The molecule has 1 atom stereocenters. The van der Waals surface area contributed by atoms with Gasteiger partial charge < -0.3 is 15.4 Å². The van der Waals surface area contributed by atoms with Crippen LogP contribution in [0.1, 0.15) is 25.8 Å². The average molecular weight is 259 g/mol. The molecule has 2 aliphatic rings. The number of nitrogens with two attached hydrogens (primary N) is 1. The highest BCUT2D eigenvalue weighted by Gasteiger charge is 2.57. The van der Waals surface area contributed by atoms with Crippen molar-refractivity contribution >= 4 is 5.96 Å². The summed E-state index contributed by atoms with van der Waals surface area (Å²) in [5.41, 5.74) is 7.07. The minimum absolute atomic E-state index is 0.0904. The summed E-state index contributed by atoms with van der Waals surface area (Å²) in [5, 5.41) is 0. The van der Waals surface area contributed by atoms with Gasteiger partial charge in [0.15, 0.2) is 5.96 Å². The Morgan fingerprint density at radius 2 is 2.05 bits per heavy atom. The standard InChI is InChI=1S/C15H21N3O/c1-14(2)15(8-9-19-14)11-17-13(16)18(15)10-12-6-4-3-5-7-12/h3-7H,8-11H2,1-2H3,(H2,16,17). The number of hydrogen-bond donors (Lipinski definition) is 1. The highest BCUT2D eigenvalue weighted by Crippen LogP contribution is 2.43. The molecule has 2 heterocycles. The quantitative estimate of drug-likeness (QED) is 0.880. The summed E-state index contributed by atoms with van der Waals surface area (Å²) in [6.45, 7) is 6.60. The summed E-state index contributed by atoms with van der Waals surface area (Å²) < 4.78 is 5.92. The number of hydrogen-bond acceptors (Lipinski definition) is 4. The third-order valence-electron chi connectivity index (χ3n) is 4.58. The van der Waals surface area contributed by atoms with E-state index in [1.165, 1.54) is 5.56 Å². The minimum atomic E-state index is -0.216. The maximum atomic E-state index is 6.12. The van der Waals surface area contributed by atoms with Gasteiger partial charge in [-0.3, -0.25) is 4.99 Å². The van der Waals surface area contributed by atoms with Gasteiger partial charge in [-0.1, -0.05) is 30.3 Å². The molecule has 2 aliphatic heterocycles. The van der Waals surface area contributed by atoms with Gasteiger partial charge in [0.1, 0.15) is 0 Å². The summed E-state index contributed by atoms with van der Waals surface area (Å²) in [4.78, 5) is 6.72. The Morgan fingerprint density at radius 3 is 2.68 bits per heavy atom. The van der Waals surface area contributed by atoms with Gasteiger partial charge in [-0.05, 0) is 25.8 Å². The van der Waals surface area contributed by atoms with Crippen LogP contribution < -0.4 is 5.73 Å². The molecule has 4 nitrogen and oxygen atoms in total. The lowest BCUT2D eigenvalue weighted by atomic mass is 9.81. The van der Waals surface area contributed by atoms with Crippen LogP contribution in [0.2, 0.25) is 0 Å². The van der Waals surface area contributed by atoms with Crippen molar-refractivity contribution in [3.63, 3.8) is 0 Å². The lowest BCUT2D eigenvalue weighted by molar-refractivity contribution is -0.0346. The first-order chi connectivity index (χ1) is 9.05. The fraction of sp³-hybridized carbons (Fsp3) is 0.533. The Balaban J connectivity index is 1.91. The molecule has 4 heteroatoms. The van der Waals surface area contributed by atoms with Crippen molar-refractivity contribution in [2.45, 2.75) is 38.0 Å². The summed E-state index contributed by atoms with van der Waals surface area (Å²) in [7, 11) is 0. The highest BCUT2D eigenvalue weighted by molar-refractivity contribution is 5.81. The number of rotatable bonds is 2. The van der Waals surface area contributed by atoms with Crippen LogP contribution in [0.5, 0.6) is 0 Å².